The van der Waals surface area contributed by atoms with Crippen LogP contribution in [0.4, 0.5) is 22.7 Å². The number of benzene rings is 7. The van der Waals surface area contributed by atoms with E-state index in [1.807, 2.05) is 0 Å². The Morgan fingerprint density at radius 1 is 0.377 bits per heavy atom. The topological polar surface area (TPSA) is 6.48 Å². The van der Waals surface area contributed by atoms with Crippen molar-refractivity contribution in [2.24, 2.45) is 11.8 Å². The highest BCUT2D eigenvalue weighted by Gasteiger charge is 2.62. The van der Waals surface area contributed by atoms with E-state index in [9.17, 15) is 0 Å². The van der Waals surface area contributed by atoms with Crippen molar-refractivity contribution in [1.29, 1.82) is 0 Å². The smallest absolute Gasteiger partial charge is 0.0559 e. The van der Waals surface area contributed by atoms with Crippen molar-refractivity contribution in [2.45, 2.75) is 42.2 Å². The van der Waals surface area contributed by atoms with Gasteiger partial charge >= 0.3 is 0 Å². The van der Waals surface area contributed by atoms with Gasteiger partial charge in [0.15, 0.2) is 0 Å². The Labute approximate surface area is 407 Å². The maximum Gasteiger partial charge on any atom is 0.0559 e. The van der Waals surface area contributed by atoms with Gasteiger partial charge in [0, 0.05) is 51.8 Å². The summed E-state index contributed by atoms with van der Waals surface area (Å²) in [5.74, 6) is 1.06. The fourth-order valence-electron chi connectivity index (χ4n) is 12.9. The normalized spacial score (nSPS) is 24.1. The number of anilines is 4. The molecule has 7 aromatic rings. The molecule has 0 bridgehead atoms. The summed E-state index contributed by atoms with van der Waals surface area (Å²) in [7, 11) is 0. The lowest BCUT2D eigenvalue weighted by Gasteiger charge is -2.41. The van der Waals surface area contributed by atoms with Gasteiger partial charge in [0.25, 0.3) is 0 Å². The van der Waals surface area contributed by atoms with E-state index in [1.54, 1.807) is 0 Å². The molecule has 7 unspecified atom stereocenters. The van der Waals surface area contributed by atoms with Crippen LogP contribution in [-0.4, -0.2) is 12.1 Å². The standard InChI is InChI=1S/C67H54N2/c1-5-18-47(19-6-1)48-32-39-56(40-33-48)69(54-24-11-4-12-25-54)57-43-36-50(37-44-57)58-28-17-31-64-66(58)61-27-14-16-30-63(61)67(64)62-29-15-13-26-59(62)60-45-38-51(46-65(60)67)49-34-41-55(42-35-49)68(52-20-7-2-8-21-52)53-22-9-3-10-23-53/h1-22,24,26-46,53-54,60-61,63,65H,23,25H2. The zero-order valence-electron chi connectivity index (χ0n) is 38.7. The molecule has 0 aromatic heterocycles. The molecule has 6 aliphatic rings. The summed E-state index contributed by atoms with van der Waals surface area (Å²) in [6.07, 6.45) is 37.0. The predicted octanol–water partition coefficient (Wildman–Crippen LogP) is 16.6. The first kappa shape index (κ1) is 41.3. The highest BCUT2D eigenvalue weighted by molar-refractivity contribution is 5.82. The first-order valence-corrected chi connectivity index (χ1v) is 24.9. The molecule has 69 heavy (non-hydrogen) atoms. The average Bonchev–Trinajstić information content (AvgIpc) is 3.90. The SMILES string of the molecule is C1=CCC(N(c2ccccc2)c2ccc(C3=CC4C(C=C3)c3ccccc3C43c4cccc(-c5ccc(N(c6ccc(-c7ccccc7)cc6)C6C=CC=CC6)cc5)c4C4C=CC=CC43)cc2)C=C1. The molecule has 0 fully saturated rings. The van der Waals surface area contributed by atoms with E-state index in [1.165, 1.54) is 78.4 Å². The number of para-hydroxylation sites is 1. The van der Waals surface area contributed by atoms with Crippen LogP contribution in [-0.2, 0) is 5.41 Å². The summed E-state index contributed by atoms with van der Waals surface area (Å²) in [5.41, 5.74) is 18.1. The van der Waals surface area contributed by atoms with Crippen LogP contribution in [0.15, 0.2) is 267 Å². The molecular weight excluding hydrogens is 833 g/mol. The number of hydrogen-bond donors (Lipinski definition) is 0. The van der Waals surface area contributed by atoms with Crippen LogP contribution < -0.4 is 9.80 Å². The molecule has 0 radical (unpaired) electrons. The third-order valence-corrected chi connectivity index (χ3v) is 15.9. The fraction of sp³-hybridized carbons (Fsp3) is 0.134. The number of allylic oxidation sites excluding steroid dienone is 12. The molecule has 1 spiro atoms. The van der Waals surface area contributed by atoms with Gasteiger partial charge in [-0.15, -0.1) is 0 Å². The van der Waals surface area contributed by atoms with Crippen molar-refractivity contribution in [1.82, 2.24) is 0 Å². The van der Waals surface area contributed by atoms with Crippen LogP contribution in [0.5, 0.6) is 0 Å². The summed E-state index contributed by atoms with van der Waals surface area (Å²) in [6.45, 7) is 0. The van der Waals surface area contributed by atoms with Gasteiger partial charge in [-0.3, -0.25) is 0 Å². The molecule has 0 saturated heterocycles. The van der Waals surface area contributed by atoms with Crippen molar-refractivity contribution in [3.8, 4) is 22.3 Å². The minimum Gasteiger partial charge on any atom is -0.334 e. The molecule has 0 amide bonds. The predicted molar refractivity (Wildman–Crippen MR) is 289 cm³/mol. The van der Waals surface area contributed by atoms with Gasteiger partial charge in [-0.25, -0.2) is 0 Å². The Kier molecular flexibility index (Phi) is 10.3. The summed E-state index contributed by atoms with van der Waals surface area (Å²) in [6, 6.07) is 66.4. The maximum atomic E-state index is 2.65. The zero-order chi connectivity index (χ0) is 45.7. The van der Waals surface area contributed by atoms with Crippen molar-refractivity contribution >= 4 is 28.3 Å². The minimum absolute atomic E-state index is 0.223. The minimum atomic E-state index is -0.233. The van der Waals surface area contributed by atoms with Crippen LogP contribution in [0, 0.1) is 11.8 Å². The van der Waals surface area contributed by atoms with Crippen molar-refractivity contribution < 1.29 is 0 Å². The van der Waals surface area contributed by atoms with Crippen LogP contribution in [0.3, 0.4) is 0 Å². The summed E-state index contributed by atoms with van der Waals surface area (Å²) in [5, 5.41) is 0. The molecule has 13 rings (SSSR count). The molecule has 7 aromatic carbocycles. The Bertz CT molecular complexity index is 3290. The van der Waals surface area contributed by atoms with E-state index in [0.29, 0.717) is 0 Å². The van der Waals surface area contributed by atoms with Gasteiger partial charge < -0.3 is 9.80 Å². The molecule has 6 aliphatic carbocycles. The molecule has 0 N–H and O–H groups in total. The lowest BCUT2D eigenvalue weighted by molar-refractivity contribution is 0.312. The highest BCUT2D eigenvalue weighted by Crippen LogP contribution is 2.68. The van der Waals surface area contributed by atoms with Crippen molar-refractivity contribution in [2.75, 3.05) is 9.80 Å². The second-order valence-electron chi connectivity index (χ2n) is 19.4. The largest absolute Gasteiger partial charge is 0.334 e. The lowest BCUT2D eigenvalue weighted by atomic mass is 9.61. The highest BCUT2D eigenvalue weighted by atomic mass is 15.2. The Hall–Kier alpha value is -7.94. The van der Waals surface area contributed by atoms with E-state index in [4.69, 9.17) is 0 Å². The van der Waals surface area contributed by atoms with Crippen molar-refractivity contribution in [3.63, 3.8) is 0 Å². The van der Waals surface area contributed by atoms with Crippen LogP contribution in [0.25, 0.3) is 27.8 Å². The van der Waals surface area contributed by atoms with E-state index >= 15 is 0 Å². The van der Waals surface area contributed by atoms with Gasteiger partial charge in [-0.05, 0) is 117 Å². The van der Waals surface area contributed by atoms with Crippen LogP contribution in [0.2, 0.25) is 0 Å². The summed E-state index contributed by atoms with van der Waals surface area (Å²) >= 11 is 0. The van der Waals surface area contributed by atoms with Gasteiger partial charge in [0.2, 0.25) is 0 Å². The summed E-state index contributed by atoms with van der Waals surface area (Å²) < 4.78 is 0. The van der Waals surface area contributed by atoms with Gasteiger partial charge in [-0.2, -0.15) is 0 Å². The van der Waals surface area contributed by atoms with Gasteiger partial charge in [0.05, 0.1) is 12.1 Å². The van der Waals surface area contributed by atoms with E-state index in [2.05, 4.69) is 277 Å². The number of hydrogen-bond acceptors (Lipinski definition) is 2. The Balaban J connectivity index is 0.880. The molecule has 0 heterocycles. The van der Waals surface area contributed by atoms with E-state index < -0.39 is 0 Å². The van der Waals surface area contributed by atoms with Crippen LogP contribution >= 0.6 is 0 Å². The number of rotatable bonds is 9. The van der Waals surface area contributed by atoms with Crippen LogP contribution in [0.1, 0.15) is 52.5 Å². The third kappa shape index (κ3) is 6.92. The first-order valence-electron chi connectivity index (χ1n) is 24.9. The molecule has 0 saturated carbocycles. The molecule has 0 aliphatic heterocycles. The maximum absolute atomic E-state index is 2.65. The lowest BCUT2D eigenvalue weighted by Crippen LogP contribution is -2.38. The number of fused-ring (bicyclic) bond motifs is 10. The Morgan fingerprint density at radius 2 is 0.913 bits per heavy atom. The van der Waals surface area contributed by atoms with E-state index in [0.717, 1.165) is 12.8 Å². The van der Waals surface area contributed by atoms with Gasteiger partial charge in [-0.1, -0.05) is 219 Å². The Morgan fingerprint density at radius 3 is 1.57 bits per heavy atom. The fourth-order valence-corrected chi connectivity index (χ4v) is 12.9. The first-order chi connectivity index (χ1) is 34.2. The van der Waals surface area contributed by atoms with Gasteiger partial charge in [0.1, 0.15) is 0 Å². The summed E-state index contributed by atoms with van der Waals surface area (Å²) in [4.78, 5) is 4.98. The van der Waals surface area contributed by atoms with E-state index in [-0.39, 0.29) is 41.2 Å². The quantitative estimate of drug-likeness (QED) is 0.142. The van der Waals surface area contributed by atoms with Crippen molar-refractivity contribution in [3.05, 3.63) is 295 Å². The second kappa shape index (κ2) is 17.3. The zero-order valence-corrected chi connectivity index (χ0v) is 38.7. The average molecular weight is 887 g/mol. The molecule has 7 atom stereocenters. The molecule has 2 nitrogen and oxygen atoms in total. The number of nitrogens with zero attached hydrogens (tertiary/aromatic N) is 2. The molecule has 332 valence electrons. The monoisotopic (exact) mass is 886 g/mol. The third-order valence-electron chi connectivity index (χ3n) is 15.9. The second-order valence-corrected chi connectivity index (χ2v) is 19.4. The molecular formula is C67H54N2. The molecule has 2 heteroatoms.